The molecule has 5 N–H and O–H groups in total. The van der Waals surface area contributed by atoms with Crippen molar-refractivity contribution in [3.8, 4) is 0 Å². The highest BCUT2D eigenvalue weighted by Crippen LogP contribution is 2.17. The van der Waals surface area contributed by atoms with Crippen molar-refractivity contribution in [3.63, 3.8) is 0 Å². The second-order valence-electron chi connectivity index (χ2n) is 8.45. The second kappa shape index (κ2) is 12.8. The van der Waals surface area contributed by atoms with Crippen LogP contribution in [0.1, 0.15) is 35.1 Å². The number of aromatic nitrogens is 1. The quantitative estimate of drug-likeness (QED) is 0.167. The third kappa shape index (κ3) is 7.35. The molecule has 1 fully saturated rings. The van der Waals surface area contributed by atoms with E-state index in [-0.39, 0.29) is 41.7 Å². The molecule has 36 heavy (non-hydrogen) atoms. The first-order valence-electron chi connectivity index (χ1n) is 11.6. The zero-order valence-corrected chi connectivity index (χ0v) is 20.9. The summed E-state index contributed by atoms with van der Waals surface area (Å²) in [6.45, 7) is 2.08. The molecule has 1 saturated heterocycles. The van der Waals surface area contributed by atoms with Crippen molar-refractivity contribution in [3.05, 3.63) is 52.5 Å². The molecule has 192 valence electrons. The monoisotopic (exact) mass is 513 g/mol. The second-order valence-corrected chi connectivity index (χ2v) is 9.34. The van der Waals surface area contributed by atoms with Crippen LogP contribution in [0.2, 0.25) is 0 Å². The number of nitrogens with two attached hydrogens (primary N) is 2. The van der Waals surface area contributed by atoms with Gasteiger partial charge in [0.1, 0.15) is 6.04 Å². The van der Waals surface area contributed by atoms with Crippen molar-refractivity contribution in [2.75, 3.05) is 26.2 Å². The Balaban J connectivity index is 1.67. The van der Waals surface area contributed by atoms with E-state index in [9.17, 15) is 19.2 Å². The smallest absolute Gasteiger partial charge is 0.246 e. The maximum atomic E-state index is 13.3. The van der Waals surface area contributed by atoms with Crippen molar-refractivity contribution in [1.82, 2.24) is 20.1 Å². The fourth-order valence-electron chi connectivity index (χ4n) is 4.09. The molecule has 2 aromatic rings. The number of amides is 3. The van der Waals surface area contributed by atoms with Gasteiger partial charge in [-0.2, -0.15) is 0 Å². The van der Waals surface area contributed by atoms with Crippen molar-refractivity contribution in [2.45, 2.75) is 38.3 Å². The lowest BCUT2D eigenvalue weighted by Crippen LogP contribution is -2.60. The first kappa shape index (κ1) is 26.8. The number of aliphatic imine (C=N–C) groups is 1. The Morgan fingerprint density at radius 2 is 1.97 bits per heavy atom. The third-order valence-corrected chi connectivity index (χ3v) is 6.62. The average Bonchev–Trinajstić information content (AvgIpc) is 3.38. The summed E-state index contributed by atoms with van der Waals surface area (Å²) < 4.78 is 0. The molecule has 0 radical (unpaired) electrons. The van der Waals surface area contributed by atoms with Crippen LogP contribution < -0.4 is 16.8 Å². The molecule has 3 amide bonds. The number of benzene rings is 1. The van der Waals surface area contributed by atoms with Gasteiger partial charge in [-0.1, -0.05) is 30.3 Å². The Labute approximate surface area is 213 Å². The molecular weight excluding hydrogens is 482 g/mol. The normalized spacial score (nSPS) is 16.4. The van der Waals surface area contributed by atoms with Crippen LogP contribution in [-0.4, -0.2) is 82.5 Å². The fraction of sp³-hybridized carbons (Fsp3) is 0.417. The number of carbonyl (C=O) groups is 4. The number of piperazine rings is 1. The predicted octanol–water partition coefficient (Wildman–Crippen LogP) is 0.166. The molecule has 0 aliphatic carbocycles. The van der Waals surface area contributed by atoms with Gasteiger partial charge in [0.25, 0.3) is 0 Å². The number of thiazole rings is 1. The summed E-state index contributed by atoms with van der Waals surface area (Å²) in [5, 5.41) is 4.73. The van der Waals surface area contributed by atoms with E-state index in [2.05, 4.69) is 15.3 Å². The lowest BCUT2D eigenvalue weighted by Gasteiger charge is -2.40. The Hall–Kier alpha value is -3.80. The molecule has 1 aliphatic rings. The zero-order valence-electron chi connectivity index (χ0n) is 20.1. The Morgan fingerprint density at radius 3 is 2.61 bits per heavy atom. The van der Waals surface area contributed by atoms with Gasteiger partial charge in [0.2, 0.25) is 23.5 Å². The van der Waals surface area contributed by atoms with Gasteiger partial charge in [-0.15, -0.1) is 11.3 Å². The van der Waals surface area contributed by atoms with Crippen molar-refractivity contribution >= 4 is 40.8 Å². The standard InChI is InChI=1S/C24H31N7O4S/c1-16(32)31-12-11-30(23(35)19(31)14-17-6-3-2-4-7-17)15-20(33)29-18(8-5-9-28-24(25)26)21(34)22-27-10-13-36-22/h2-4,6-7,10,13,18-19H,5,8-9,11-12,14-15H2,1H3,(H,29,33)(H4,25,26,28)/t18-,19+/m0/s1. The lowest BCUT2D eigenvalue weighted by atomic mass is 10.0. The summed E-state index contributed by atoms with van der Waals surface area (Å²) in [4.78, 5) is 62.3. The summed E-state index contributed by atoms with van der Waals surface area (Å²) >= 11 is 1.19. The molecule has 0 saturated carbocycles. The minimum absolute atomic E-state index is 0.0462. The van der Waals surface area contributed by atoms with E-state index < -0.39 is 18.0 Å². The van der Waals surface area contributed by atoms with Gasteiger partial charge < -0.3 is 26.6 Å². The van der Waals surface area contributed by atoms with Gasteiger partial charge >= 0.3 is 0 Å². The van der Waals surface area contributed by atoms with E-state index in [1.54, 1.807) is 10.3 Å². The summed E-state index contributed by atoms with van der Waals surface area (Å²) in [5.41, 5.74) is 11.6. The minimum Gasteiger partial charge on any atom is -0.370 e. The number of Topliss-reactive ketones (excluding diaryl/α,β-unsaturated/α-hetero) is 1. The number of rotatable bonds is 11. The number of carbonyl (C=O) groups excluding carboxylic acids is 4. The number of guanidine groups is 1. The minimum atomic E-state index is -0.827. The van der Waals surface area contributed by atoms with Gasteiger partial charge in [-0.25, -0.2) is 4.98 Å². The maximum absolute atomic E-state index is 13.3. The van der Waals surface area contributed by atoms with E-state index >= 15 is 0 Å². The summed E-state index contributed by atoms with van der Waals surface area (Å²) in [5.74, 6) is -1.31. The highest BCUT2D eigenvalue weighted by atomic mass is 32.1. The Bertz CT molecular complexity index is 1090. The van der Waals surface area contributed by atoms with Crippen LogP contribution in [0.4, 0.5) is 0 Å². The number of nitrogens with one attached hydrogen (secondary N) is 1. The third-order valence-electron chi connectivity index (χ3n) is 5.83. The summed E-state index contributed by atoms with van der Waals surface area (Å²) in [6.07, 6.45) is 2.66. The van der Waals surface area contributed by atoms with Crippen LogP contribution in [0, 0.1) is 0 Å². The van der Waals surface area contributed by atoms with Crippen molar-refractivity contribution in [2.24, 2.45) is 16.5 Å². The van der Waals surface area contributed by atoms with Crippen LogP contribution in [0.15, 0.2) is 46.9 Å². The number of hydrogen-bond donors (Lipinski definition) is 3. The fourth-order valence-corrected chi connectivity index (χ4v) is 4.72. The Morgan fingerprint density at radius 1 is 1.22 bits per heavy atom. The highest BCUT2D eigenvalue weighted by molar-refractivity contribution is 7.11. The molecule has 1 aliphatic heterocycles. The van der Waals surface area contributed by atoms with Crippen LogP contribution in [-0.2, 0) is 20.8 Å². The SMILES string of the molecule is CC(=O)N1CCN(CC(=O)N[C@@H](CCCN=C(N)N)C(=O)c2nccs2)C(=O)[C@H]1Cc1ccccc1. The van der Waals surface area contributed by atoms with E-state index in [0.717, 1.165) is 5.56 Å². The summed E-state index contributed by atoms with van der Waals surface area (Å²) in [7, 11) is 0. The molecular formula is C24H31N7O4S. The predicted molar refractivity (Wildman–Crippen MR) is 136 cm³/mol. The topological polar surface area (TPSA) is 164 Å². The molecule has 0 spiro atoms. The van der Waals surface area contributed by atoms with Crippen LogP contribution in [0.5, 0.6) is 0 Å². The van der Waals surface area contributed by atoms with E-state index in [1.807, 2.05) is 30.3 Å². The zero-order chi connectivity index (χ0) is 26.1. The number of hydrogen-bond acceptors (Lipinski definition) is 7. The molecule has 1 aromatic heterocycles. The molecule has 1 aromatic carbocycles. The average molecular weight is 514 g/mol. The van der Waals surface area contributed by atoms with Gasteiger partial charge in [-0.3, -0.25) is 24.2 Å². The Kier molecular flexibility index (Phi) is 9.51. The molecule has 0 unspecified atom stereocenters. The first-order valence-corrected chi connectivity index (χ1v) is 12.5. The van der Waals surface area contributed by atoms with Crippen LogP contribution in [0.25, 0.3) is 0 Å². The number of ketones is 1. The van der Waals surface area contributed by atoms with E-state index in [4.69, 9.17) is 11.5 Å². The highest BCUT2D eigenvalue weighted by Gasteiger charge is 2.37. The van der Waals surface area contributed by atoms with Crippen molar-refractivity contribution < 1.29 is 19.2 Å². The van der Waals surface area contributed by atoms with Crippen molar-refractivity contribution in [1.29, 1.82) is 0 Å². The maximum Gasteiger partial charge on any atom is 0.246 e. The van der Waals surface area contributed by atoms with Crippen LogP contribution >= 0.6 is 11.3 Å². The number of nitrogens with zero attached hydrogens (tertiary/aromatic N) is 4. The molecule has 2 atom stereocenters. The molecule has 12 heteroatoms. The molecule has 3 rings (SSSR count). The van der Waals surface area contributed by atoms with Crippen LogP contribution in [0.3, 0.4) is 0 Å². The van der Waals surface area contributed by atoms with E-state index in [1.165, 1.54) is 29.4 Å². The molecule has 2 heterocycles. The summed E-state index contributed by atoms with van der Waals surface area (Å²) in [6, 6.07) is 7.90. The van der Waals surface area contributed by atoms with Gasteiger partial charge in [0.15, 0.2) is 11.0 Å². The van der Waals surface area contributed by atoms with Gasteiger partial charge in [-0.05, 0) is 18.4 Å². The molecule has 11 nitrogen and oxygen atoms in total. The largest absolute Gasteiger partial charge is 0.370 e. The van der Waals surface area contributed by atoms with E-state index in [0.29, 0.717) is 32.4 Å². The first-order chi connectivity index (χ1) is 17.3. The lowest BCUT2D eigenvalue weighted by molar-refractivity contribution is -0.151. The molecule has 0 bridgehead atoms. The van der Waals surface area contributed by atoms with Gasteiger partial charge in [0, 0.05) is 44.6 Å². The van der Waals surface area contributed by atoms with Gasteiger partial charge in [0.05, 0.1) is 12.6 Å².